The molecule has 0 spiro atoms. The molecule has 0 aliphatic carbocycles. The third-order valence-electron chi connectivity index (χ3n) is 3.83. The average molecular weight is 392 g/mol. The van der Waals surface area contributed by atoms with Crippen molar-refractivity contribution in [3.8, 4) is 0 Å². The van der Waals surface area contributed by atoms with Gasteiger partial charge in [0.05, 0.1) is 24.9 Å². The summed E-state index contributed by atoms with van der Waals surface area (Å²) in [6.45, 7) is 1.48. The molecule has 0 aromatic heterocycles. The number of Topliss-reactive ketones (excluding diaryl/α,β-unsaturated/α-hetero) is 1. The van der Waals surface area contributed by atoms with Gasteiger partial charge in [-0.05, 0) is 36.8 Å². The van der Waals surface area contributed by atoms with Crippen molar-refractivity contribution >= 4 is 27.4 Å². The highest BCUT2D eigenvalue weighted by molar-refractivity contribution is 7.92. The Hall–Kier alpha value is -2.74. The topological polar surface area (TPSA) is 83.6 Å². The monoisotopic (exact) mass is 392 g/mol. The lowest BCUT2D eigenvalue weighted by Gasteiger charge is -2.23. The van der Waals surface area contributed by atoms with Crippen LogP contribution >= 0.6 is 0 Å². The van der Waals surface area contributed by atoms with Crippen molar-refractivity contribution < 1.29 is 22.4 Å². The summed E-state index contributed by atoms with van der Waals surface area (Å²) in [6, 6.07) is 12.0. The lowest BCUT2D eigenvalue weighted by molar-refractivity contribution is -0.120. The minimum atomic E-state index is -3.60. The molecule has 0 bridgehead atoms. The number of carbonyl (C=O) groups excluding carboxylic acids is 2. The minimum absolute atomic E-state index is 0.00352. The van der Waals surface area contributed by atoms with Gasteiger partial charge in [0.2, 0.25) is 15.9 Å². The fraction of sp³-hybridized carbons (Fsp3) is 0.263. The van der Waals surface area contributed by atoms with Crippen LogP contribution in [0, 0.1) is 5.82 Å². The van der Waals surface area contributed by atoms with Crippen LogP contribution < -0.4 is 9.62 Å². The Kier molecular flexibility index (Phi) is 6.68. The Balaban J connectivity index is 2.02. The van der Waals surface area contributed by atoms with Gasteiger partial charge >= 0.3 is 0 Å². The summed E-state index contributed by atoms with van der Waals surface area (Å²) in [5, 5.41) is 2.63. The van der Waals surface area contributed by atoms with E-state index in [4.69, 9.17) is 0 Å². The fourth-order valence-corrected chi connectivity index (χ4v) is 3.48. The molecule has 1 N–H and O–H groups in total. The Bertz CT molecular complexity index is 944. The lowest BCUT2D eigenvalue weighted by atomic mass is 10.1. The van der Waals surface area contributed by atoms with E-state index in [-0.39, 0.29) is 31.2 Å². The van der Waals surface area contributed by atoms with Gasteiger partial charge in [-0.3, -0.25) is 13.9 Å². The van der Waals surface area contributed by atoms with Crippen molar-refractivity contribution in [3.63, 3.8) is 0 Å². The molecule has 2 rings (SSSR count). The number of rotatable bonds is 8. The number of halogens is 1. The van der Waals surface area contributed by atoms with Crippen molar-refractivity contribution in [2.45, 2.75) is 13.3 Å². The Labute approximate surface area is 158 Å². The van der Waals surface area contributed by atoms with Crippen LogP contribution in [-0.2, 0) is 21.2 Å². The molecule has 144 valence electrons. The molecule has 0 fully saturated rings. The van der Waals surface area contributed by atoms with Crippen molar-refractivity contribution in [3.05, 3.63) is 65.5 Å². The molecular weight excluding hydrogens is 371 g/mol. The van der Waals surface area contributed by atoms with Crippen LogP contribution in [0.25, 0.3) is 0 Å². The summed E-state index contributed by atoms with van der Waals surface area (Å²) in [5.74, 6) is -0.936. The largest absolute Gasteiger partial charge is 0.354 e. The number of anilines is 1. The van der Waals surface area contributed by atoms with Crippen LogP contribution in [0.2, 0.25) is 0 Å². The van der Waals surface area contributed by atoms with Gasteiger partial charge < -0.3 is 5.32 Å². The van der Waals surface area contributed by atoms with E-state index in [1.807, 2.05) is 0 Å². The highest BCUT2D eigenvalue weighted by Crippen LogP contribution is 2.19. The second-order valence-electron chi connectivity index (χ2n) is 6.10. The zero-order chi connectivity index (χ0) is 20.0. The standard InChI is InChI=1S/C19H21FN2O4S/c1-14(23)16-6-4-8-18(13-16)22(27(2,25)26)10-9-21-19(24)12-15-5-3-7-17(20)11-15/h3-8,11,13H,9-10,12H2,1-2H3,(H,21,24). The number of nitrogens with one attached hydrogen (secondary N) is 1. The Morgan fingerprint density at radius 1 is 1.11 bits per heavy atom. The second kappa shape index (κ2) is 8.77. The maximum absolute atomic E-state index is 13.2. The van der Waals surface area contributed by atoms with E-state index >= 15 is 0 Å². The summed E-state index contributed by atoms with van der Waals surface area (Å²) in [6.07, 6.45) is 1.05. The molecule has 0 saturated carbocycles. The number of carbonyl (C=O) groups is 2. The van der Waals surface area contributed by atoms with Gasteiger partial charge in [0.25, 0.3) is 0 Å². The molecule has 0 unspecified atom stereocenters. The fourth-order valence-electron chi connectivity index (χ4n) is 2.56. The number of amides is 1. The van der Waals surface area contributed by atoms with Gasteiger partial charge in [-0.15, -0.1) is 0 Å². The average Bonchev–Trinajstić information content (AvgIpc) is 2.57. The first kappa shape index (κ1) is 20.6. The number of ketones is 1. The normalized spacial score (nSPS) is 11.1. The molecule has 0 heterocycles. The minimum Gasteiger partial charge on any atom is -0.354 e. The first-order chi connectivity index (χ1) is 12.7. The van der Waals surface area contributed by atoms with Gasteiger partial charge in [0.15, 0.2) is 5.78 Å². The smallest absolute Gasteiger partial charge is 0.232 e. The highest BCUT2D eigenvalue weighted by atomic mass is 32.2. The molecule has 27 heavy (non-hydrogen) atoms. The molecule has 0 atom stereocenters. The quantitative estimate of drug-likeness (QED) is 0.698. The summed E-state index contributed by atoms with van der Waals surface area (Å²) in [4.78, 5) is 23.5. The van der Waals surface area contributed by atoms with Crippen molar-refractivity contribution in [1.82, 2.24) is 5.32 Å². The van der Waals surface area contributed by atoms with E-state index in [0.717, 1.165) is 10.6 Å². The predicted molar refractivity (Wildman–Crippen MR) is 102 cm³/mol. The third-order valence-corrected chi connectivity index (χ3v) is 5.03. The summed E-state index contributed by atoms with van der Waals surface area (Å²) < 4.78 is 38.5. The Morgan fingerprint density at radius 3 is 2.44 bits per heavy atom. The molecule has 8 heteroatoms. The molecule has 0 radical (unpaired) electrons. The number of hydrogen-bond acceptors (Lipinski definition) is 4. The zero-order valence-electron chi connectivity index (χ0n) is 15.1. The molecule has 1 amide bonds. The van der Waals surface area contributed by atoms with E-state index in [1.54, 1.807) is 24.3 Å². The van der Waals surface area contributed by atoms with Crippen molar-refractivity contribution in [1.29, 1.82) is 0 Å². The summed E-state index contributed by atoms with van der Waals surface area (Å²) >= 11 is 0. The van der Waals surface area contributed by atoms with Crippen molar-refractivity contribution in [2.75, 3.05) is 23.7 Å². The van der Waals surface area contributed by atoms with E-state index in [1.165, 1.54) is 31.2 Å². The molecule has 0 aliphatic heterocycles. The number of benzene rings is 2. The van der Waals surface area contributed by atoms with Crippen LogP contribution in [0.5, 0.6) is 0 Å². The SMILES string of the molecule is CC(=O)c1cccc(N(CCNC(=O)Cc2cccc(F)c2)S(C)(=O)=O)c1. The highest BCUT2D eigenvalue weighted by Gasteiger charge is 2.18. The molecule has 2 aromatic carbocycles. The third kappa shape index (κ3) is 6.18. The molecule has 2 aromatic rings. The van der Waals surface area contributed by atoms with Crippen LogP contribution in [0.4, 0.5) is 10.1 Å². The van der Waals surface area contributed by atoms with Gasteiger partial charge in [-0.1, -0.05) is 24.3 Å². The van der Waals surface area contributed by atoms with Gasteiger partial charge in [0, 0.05) is 12.1 Å². The van der Waals surface area contributed by atoms with Crippen LogP contribution in [-0.4, -0.2) is 39.5 Å². The lowest BCUT2D eigenvalue weighted by Crippen LogP contribution is -2.38. The second-order valence-corrected chi connectivity index (χ2v) is 8.01. The van der Waals surface area contributed by atoms with E-state index in [9.17, 15) is 22.4 Å². The zero-order valence-corrected chi connectivity index (χ0v) is 15.9. The van der Waals surface area contributed by atoms with Crippen molar-refractivity contribution in [2.24, 2.45) is 0 Å². The number of sulfonamides is 1. The first-order valence-corrected chi connectivity index (χ1v) is 10.1. The van der Waals surface area contributed by atoms with E-state index in [0.29, 0.717) is 16.8 Å². The van der Waals surface area contributed by atoms with Crippen LogP contribution in [0.3, 0.4) is 0 Å². The molecule has 6 nitrogen and oxygen atoms in total. The maximum Gasteiger partial charge on any atom is 0.232 e. The van der Waals surface area contributed by atoms with Gasteiger partial charge in [-0.2, -0.15) is 0 Å². The van der Waals surface area contributed by atoms with E-state index in [2.05, 4.69) is 5.32 Å². The van der Waals surface area contributed by atoms with Crippen LogP contribution in [0.15, 0.2) is 48.5 Å². The summed E-state index contributed by atoms with van der Waals surface area (Å²) in [7, 11) is -3.60. The number of nitrogens with zero attached hydrogens (tertiary/aromatic N) is 1. The summed E-state index contributed by atoms with van der Waals surface area (Å²) in [5.41, 5.74) is 1.28. The van der Waals surface area contributed by atoms with E-state index < -0.39 is 15.8 Å². The first-order valence-electron chi connectivity index (χ1n) is 8.26. The van der Waals surface area contributed by atoms with Gasteiger partial charge in [-0.25, -0.2) is 12.8 Å². The Morgan fingerprint density at radius 2 is 1.81 bits per heavy atom. The maximum atomic E-state index is 13.2. The molecule has 0 saturated heterocycles. The molecule has 0 aliphatic rings. The molecular formula is C19H21FN2O4S. The van der Waals surface area contributed by atoms with Crippen LogP contribution in [0.1, 0.15) is 22.8 Å². The number of hydrogen-bond donors (Lipinski definition) is 1. The van der Waals surface area contributed by atoms with Gasteiger partial charge in [0.1, 0.15) is 5.82 Å². The predicted octanol–water partition coefficient (Wildman–Crippen LogP) is 2.15.